The van der Waals surface area contributed by atoms with Crippen LogP contribution in [-0.2, 0) is 0 Å². The minimum atomic E-state index is -0.0321. The van der Waals surface area contributed by atoms with Crippen molar-refractivity contribution in [1.82, 2.24) is 14.7 Å². The molecule has 0 N–H and O–H groups in total. The van der Waals surface area contributed by atoms with Gasteiger partial charge in [0.05, 0.1) is 10.6 Å². The molecule has 0 atom stereocenters. The van der Waals surface area contributed by atoms with Crippen LogP contribution in [0.15, 0.2) is 47.8 Å². The van der Waals surface area contributed by atoms with Gasteiger partial charge in [-0.2, -0.15) is 5.10 Å². The van der Waals surface area contributed by atoms with Crippen LogP contribution in [-0.4, -0.2) is 33.7 Å². The van der Waals surface area contributed by atoms with E-state index in [2.05, 4.69) is 5.10 Å². The highest BCUT2D eigenvalue weighted by atomic mass is 35.5. The van der Waals surface area contributed by atoms with E-state index in [1.807, 2.05) is 55.6 Å². The smallest absolute Gasteiger partial charge is 0.272 e. The second kappa shape index (κ2) is 7.20. The van der Waals surface area contributed by atoms with Gasteiger partial charge in [0, 0.05) is 18.1 Å². The van der Waals surface area contributed by atoms with Crippen molar-refractivity contribution in [2.24, 2.45) is 0 Å². The molecule has 0 fully saturated rings. The Labute approximate surface area is 150 Å². The Morgan fingerprint density at radius 1 is 1.21 bits per heavy atom. The number of thiophene rings is 1. The molecule has 1 aromatic carbocycles. The van der Waals surface area contributed by atoms with Gasteiger partial charge in [-0.3, -0.25) is 4.79 Å². The summed E-state index contributed by atoms with van der Waals surface area (Å²) in [6.07, 6.45) is 0. The number of carbonyl (C=O) groups excluding carboxylic acids is 1. The van der Waals surface area contributed by atoms with Crippen molar-refractivity contribution in [2.75, 3.05) is 13.1 Å². The van der Waals surface area contributed by atoms with Crippen LogP contribution >= 0.6 is 22.9 Å². The third kappa shape index (κ3) is 3.23. The first-order chi connectivity index (χ1) is 11.6. The Bertz CT molecular complexity index is 838. The van der Waals surface area contributed by atoms with Crippen LogP contribution in [0.25, 0.3) is 16.3 Å². The minimum Gasteiger partial charge on any atom is -0.338 e. The zero-order valence-electron chi connectivity index (χ0n) is 13.6. The number of carbonyl (C=O) groups is 1. The quantitative estimate of drug-likeness (QED) is 0.660. The van der Waals surface area contributed by atoms with Crippen molar-refractivity contribution in [2.45, 2.75) is 13.8 Å². The van der Waals surface area contributed by atoms with E-state index in [9.17, 15) is 4.79 Å². The van der Waals surface area contributed by atoms with Gasteiger partial charge < -0.3 is 4.90 Å². The molecule has 1 amide bonds. The highest BCUT2D eigenvalue weighted by Gasteiger charge is 2.21. The van der Waals surface area contributed by atoms with E-state index in [-0.39, 0.29) is 5.91 Å². The summed E-state index contributed by atoms with van der Waals surface area (Å²) in [7, 11) is 0. The Kier molecular flexibility index (Phi) is 5.02. The fourth-order valence-electron chi connectivity index (χ4n) is 2.56. The lowest BCUT2D eigenvalue weighted by molar-refractivity contribution is 0.0764. The SMILES string of the molecule is CCN(CC)C(=O)c1cc(-c2cccs2)nn1-c1cccc(Cl)c1. The van der Waals surface area contributed by atoms with Gasteiger partial charge in [0.25, 0.3) is 5.91 Å². The van der Waals surface area contributed by atoms with Gasteiger partial charge in [0.2, 0.25) is 0 Å². The lowest BCUT2D eigenvalue weighted by atomic mass is 10.2. The normalized spacial score (nSPS) is 10.8. The van der Waals surface area contributed by atoms with Crippen LogP contribution in [0.1, 0.15) is 24.3 Å². The second-order valence-electron chi connectivity index (χ2n) is 5.26. The number of hydrogen-bond donors (Lipinski definition) is 0. The summed E-state index contributed by atoms with van der Waals surface area (Å²) in [6.45, 7) is 5.26. The van der Waals surface area contributed by atoms with Gasteiger partial charge in [0.1, 0.15) is 11.4 Å². The predicted molar refractivity (Wildman–Crippen MR) is 99.1 cm³/mol. The molecule has 0 radical (unpaired) electrons. The van der Waals surface area contributed by atoms with Gasteiger partial charge in [-0.1, -0.05) is 23.7 Å². The minimum absolute atomic E-state index is 0.0321. The molecule has 3 rings (SSSR count). The summed E-state index contributed by atoms with van der Waals surface area (Å²) >= 11 is 7.72. The van der Waals surface area contributed by atoms with Gasteiger partial charge in [-0.25, -0.2) is 4.68 Å². The number of amides is 1. The summed E-state index contributed by atoms with van der Waals surface area (Å²) in [5, 5.41) is 7.27. The van der Waals surface area contributed by atoms with Gasteiger partial charge in [0.15, 0.2) is 0 Å². The standard InChI is InChI=1S/C18H18ClN3OS/c1-3-21(4-2)18(23)16-12-15(17-9-6-10-24-17)20-22(16)14-8-5-7-13(19)11-14/h5-12H,3-4H2,1-2H3. The van der Waals surface area contributed by atoms with Crippen LogP contribution in [0.2, 0.25) is 5.02 Å². The second-order valence-corrected chi connectivity index (χ2v) is 6.65. The number of hydrogen-bond acceptors (Lipinski definition) is 3. The molecule has 0 saturated heterocycles. The summed E-state index contributed by atoms with van der Waals surface area (Å²) in [6, 6.07) is 13.2. The molecule has 3 aromatic rings. The van der Waals surface area contributed by atoms with E-state index < -0.39 is 0 Å². The number of aromatic nitrogens is 2. The average Bonchev–Trinajstić information content (AvgIpc) is 3.25. The van der Waals surface area contributed by atoms with Crippen LogP contribution < -0.4 is 0 Å². The summed E-state index contributed by atoms with van der Waals surface area (Å²) < 4.78 is 1.68. The molecule has 6 heteroatoms. The monoisotopic (exact) mass is 359 g/mol. The van der Waals surface area contributed by atoms with Gasteiger partial charge in [-0.05, 0) is 49.6 Å². The van der Waals surface area contributed by atoms with Crippen LogP contribution in [0.4, 0.5) is 0 Å². The Morgan fingerprint density at radius 2 is 2.00 bits per heavy atom. The first-order valence-corrected chi connectivity index (χ1v) is 9.09. The van der Waals surface area contributed by atoms with E-state index in [0.717, 1.165) is 16.3 Å². The largest absolute Gasteiger partial charge is 0.338 e. The molecule has 24 heavy (non-hydrogen) atoms. The Morgan fingerprint density at radius 3 is 2.62 bits per heavy atom. The lowest BCUT2D eigenvalue weighted by Gasteiger charge is -2.19. The van der Waals surface area contributed by atoms with Crippen molar-refractivity contribution >= 4 is 28.8 Å². The maximum atomic E-state index is 12.9. The van der Waals surface area contributed by atoms with Gasteiger partial charge >= 0.3 is 0 Å². The third-order valence-electron chi connectivity index (χ3n) is 3.81. The van der Waals surface area contributed by atoms with Crippen LogP contribution in [0.3, 0.4) is 0 Å². The highest BCUT2D eigenvalue weighted by molar-refractivity contribution is 7.13. The molecular formula is C18H18ClN3OS. The third-order valence-corrected chi connectivity index (χ3v) is 4.93. The number of rotatable bonds is 5. The molecule has 2 heterocycles. The Hall–Kier alpha value is -2.11. The lowest BCUT2D eigenvalue weighted by Crippen LogP contribution is -2.32. The number of benzene rings is 1. The first-order valence-electron chi connectivity index (χ1n) is 7.83. The van der Waals surface area contributed by atoms with Crippen LogP contribution in [0.5, 0.6) is 0 Å². The number of nitrogens with zero attached hydrogens (tertiary/aromatic N) is 3. The molecular weight excluding hydrogens is 342 g/mol. The summed E-state index contributed by atoms with van der Waals surface area (Å²) in [5.41, 5.74) is 2.12. The molecule has 124 valence electrons. The molecule has 4 nitrogen and oxygen atoms in total. The van der Waals surface area contributed by atoms with Crippen molar-refractivity contribution in [3.05, 3.63) is 58.6 Å². The van der Waals surface area contributed by atoms with E-state index in [1.54, 1.807) is 27.0 Å². The molecule has 0 bridgehead atoms. The molecule has 0 aliphatic rings. The zero-order valence-corrected chi connectivity index (χ0v) is 15.1. The first kappa shape index (κ1) is 16.7. The topological polar surface area (TPSA) is 38.1 Å². The maximum Gasteiger partial charge on any atom is 0.272 e. The van der Waals surface area contributed by atoms with Crippen molar-refractivity contribution in [1.29, 1.82) is 0 Å². The zero-order chi connectivity index (χ0) is 17.1. The van der Waals surface area contributed by atoms with E-state index >= 15 is 0 Å². The van der Waals surface area contributed by atoms with Crippen molar-refractivity contribution < 1.29 is 4.79 Å². The summed E-state index contributed by atoms with van der Waals surface area (Å²) in [4.78, 5) is 15.7. The van der Waals surface area contributed by atoms with Gasteiger partial charge in [-0.15, -0.1) is 11.3 Å². The maximum absolute atomic E-state index is 12.9. The fraction of sp³-hybridized carbons (Fsp3) is 0.222. The summed E-state index contributed by atoms with van der Waals surface area (Å²) in [5.74, 6) is -0.0321. The van der Waals surface area contributed by atoms with Crippen LogP contribution in [0, 0.1) is 0 Å². The van der Waals surface area contributed by atoms with Crippen molar-refractivity contribution in [3.63, 3.8) is 0 Å². The molecule has 0 spiro atoms. The Balaban J connectivity index is 2.13. The van der Waals surface area contributed by atoms with E-state index in [4.69, 9.17) is 11.6 Å². The fourth-order valence-corrected chi connectivity index (χ4v) is 3.42. The highest BCUT2D eigenvalue weighted by Crippen LogP contribution is 2.27. The molecule has 0 saturated carbocycles. The average molecular weight is 360 g/mol. The van der Waals surface area contributed by atoms with E-state index in [1.165, 1.54) is 0 Å². The molecule has 0 aliphatic heterocycles. The van der Waals surface area contributed by atoms with Crippen molar-refractivity contribution in [3.8, 4) is 16.3 Å². The molecule has 0 unspecified atom stereocenters. The van der Waals surface area contributed by atoms with E-state index in [0.29, 0.717) is 23.8 Å². The molecule has 0 aliphatic carbocycles. The predicted octanol–water partition coefficient (Wildman–Crippen LogP) is 4.74. The molecule has 2 aromatic heterocycles. The number of halogens is 1.